The highest BCUT2D eigenvalue weighted by molar-refractivity contribution is 5.60. The van der Waals surface area contributed by atoms with Crippen molar-refractivity contribution >= 4 is 0 Å². The molecule has 27 heavy (non-hydrogen) atoms. The highest BCUT2D eigenvalue weighted by Crippen LogP contribution is 2.25. The number of rotatable bonds is 5. The summed E-state index contributed by atoms with van der Waals surface area (Å²) in [6.07, 6.45) is 0. The number of ether oxygens (including phenoxy) is 1. The Balaban J connectivity index is 1.46. The second-order valence-electron chi connectivity index (χ2n) is 6.20. The van der Waals surface area contributed by atoms with Crippen LogP contribution >= 0.6 is 0 Å². The molecule has 4 rings (SSSR count). The fourth-order valence-electron chi connectivity index (χ4n) is 2.64. The second-order valence-corrected chi connectivity index (χ2v) is 6.20. The van der Waals surface area contributed by atoms with Crippen molar-refractivity contribution < 1.29 is 13.7 Å². The van der Waals surface area contributed by atoms with Crippen molar-refractivity contribution in [2.75, 3.05) is 0 Å². The molecule has 0 atom stereocenters. The first-order chi connectivity index (χ1) is 13.2. The van der Waals surface area contributed by atoms with Gasteiger partial charge < -0.3 is 9.26 Å². The molecule has 0 fully saturated rings. The van der Waals surface area contributed by atoms with Crippen molar-refractivity contribution in [3.05, 3.63) is 89.7 Å². The third-order valence-electron chi connectivity index (χ3n) is 4.17. The predicted molar refractivity (Wildman–Crippen MR) is 101 cm³/mol. The zero-order valence-electron chi connectivity index (χ0n) is 14.7. The van der Waals surface area contributed by atoms with Crippen LogP contribution in [-0.4, -0.2) is 10.1 Å². The van der Waals surface area contributed by atoms with Gasteiger partial charge in [0.15, 0.2) is 0 Å². The summed E-state index contributed by atoms with van der Waals surface area (Å²) in [5.74, 6) is 0.908. The third kappa shape index (κ3) is 3.87. The van der Waals surface area contributed by atoms with E-state index in [-0.39, 0.29) is 11.5 Å². The smallest absolute Gasteiger partial charge is 0.261 e. The SMILES string of the molecule is Cc1ccc(COc2ccc(-c3noc(-c4ccccc4F)n3)cc2)cc1. The summed E-state index contributed by atoms with van der Waals surface area (Å²) in [4.78, 5) is 4.28. The van der Waals surface area contributed by atoms with E-state index in [2.05, 4.69) is 29.2 Å². The molecular weight excluding hydrogens is 343 g/mol. The Morgan fingerprint density at radius 3 is 2.41 bits per heavy atom. The van der Waals surface area contributed by atoms with E-state index in [4.69, 9.17) is 9.26 Å². The lowest BCUT2D eigenvalue weighted by Crippen LogP contribution is -1.95. The Bertz CT molecular complexity index is 1040. The van der Waals surface area contributed by atoms with Crippen LogP contribution in [0.5, 0.6) is 5.75 Å². The molecule has 0 aliphatic rings. The van der Waals surface area contributed by atoms with Crippen LogP contribution in [0.25, 0.3) is 22.8 Å². The predicted octanol–water partition coefficient (Wildman–Crippen LogP) is 5.43. The number of aryl methyl sites for hydroxylation is 1. The van der Waals surface area contributed by atoms with Crippen molar-refractivity contribution in [3.63, 3.8) is 0 Å². The Labute approximate surface area is 156 Å². The molecule has 1 aromatic heterocycles. The Kier molecular flexibility index (Phi) is 4.66. The molecule has 0 spiro atoms. The van der Waals surface area contributed by atoms with Gasteiger partial charge in [-0.2, -0.15) is 4.98 Å². The summed E-state index contributed by atoms with van der Waals surface area (Å²) in [5.41, 5.74) is 3.38. The molecule has 1 heterocycles. The van der Waals surface area contributed by atoms with Gasteiger partial charge in [-0.05, 0) is 48.9 Å². The molecule has 0 aliphatic carbocycles. The lowest BCUT2D eigenvalue weighted by atomic mass is 10.1. The standard InChI is InChI=1S/C22H17FN2O2/c1-15-6-8-16(9-7-15)14-26-18-12-10-17(11-13-18)21-24-22(27-25-21)19-4-2-3-5-20(19)23/h2-13H,14H2,1H3. The number of hydrogen-bond acceptors (Lipinski definition) is 4. The number of nitrogens with zero attached hydrogens (tertiary/aromatic N) is 2. The van der Waals surface area contributed by atoms with Gasteiger partial charge in [-0.1, -0.05) is 47.1 Å². The van der Waals surface area contributed by atoms with Gasteiger partial charge in [0.25, 0.3) is 5.89 Å². The first-order valence-electron chi connectivity index (χ1n) is 8.56. The molecule has 0 radical (unpaired) electrons. The Morgan fingerprint density at radius 2 is 1.67 bits per heavy atom. The van der Waals surface area contributed by atoms with Crippen LogP contribution in [0.3, 0.4) is 0 Å². The molecule has 4 nitrogen and oxygen atoms in total. The first-order valence-corrected chi connectivity index (χ1v) is 8.56. The zero-order valence-corrected chi connectivity index (χ0v) is 14.7. The monoisotopic (exact) mass is 360 g/mol. The maximum Gasteiger partial charge on any atom is 0.261 e. The van der Waals surface area contributed by atoms with Crippen LogP contribution in [0.15, 0.2) is 77.3 Å². The quantitative estimate of drug-likeness (QED) is 0.476. The number of hydrogen-bond donors (Lipinski definition) is 0. The summed E-state index contributed by atoms with van der Waals surface area (Å²) in [5, 5.41) is 3.94. The molecule has 4 aromatic rings. The van der Waals surface area contributed by atoms with Crippen molar-refractivity contribution in [1.82, 2.24) is 10.1 Å². The summed E-state index contributed by atoms with van der Waals surface area (Å²) in [6.45, 7) is 2.55. The molecule has 0 aliphatic heterocycles. The van der Waals surface area contributed by atoms with Gasteiger partial charge in [-0.3, -0.25) is 0 Å². The van der Waals surface area contributed by atoms with Crippen molar-refractivity contribution in [2.45, 2.75) is 13.5 Å². The first kappa shape index (κ1) is 17.0. The fraction of sp³-hybridized carbons (Fsp3) is 0.0909. The van der Waals surface area contributed by atoms with Gasteiger partial charge >= 0.3 is 0 Å². The largest absolute Gasteiger partial charge is 0.489 e. The minimum atomic E-state index is -0.396. The van der Waals surface area contributed by atoms with E-state index in [0.29, 0.717) is 12.4 Å². The average Bonchev–Trinajstić information content (AvgIpc) is 3.18. The lowest BCUT2D eigenvalue weighted by Gasteiger charge is -2.07. The summed E-state index contributed by atoms with van der Waals surface area (Å²) in [7, 11) is 0. The van der Waals surface area contributed by atoms with E-state index in [1.54, 1.807) is 18.2 Å². The zero-order chi connectivity index (χ0) is 18.6. The van der Waals surface area contributed by atoms with E-state index in [0.717, 1.165) is 16.9 Å². The summed E-state index contributed by atoms with van der Waals surface area (Å²) in [6, 6.07) is 21.9. The number of halogens is 1. The lowest BCUT2D eigenvalue weighted by molar-refractivity contribution is 0.306. The minimum Gasteiger partial charge on any atom is -0.489 e. The minimum absolute atomic E-state index is 0.155. The van der Waals surface area contributed by atoms with Gasteiger partial charge in [0, 0.05) is 5.56 Å². The van der Waals surface area contributed by atoms with E-state index in [1.165, 1.54) is 11.6 Å². The molecule has 0 N–H and O–H groups in total. The molecule has 3 aromatic carbocycles. The third-order valence-corrected chi connectivity index (χ3v) is 4.17. The number of aromatic nitrogens is 2. The van der Waals surface area contributed by atoms with Gasteiger partial charge in [0.05, 0.1) is 5.56 Å². The van der Waals surface area contributed by atoms with E-state index in [1.807, 2.05) is 36.4 Å². The van der Waals surface area contributed by atoms with Crippen molar-refractivity contribution in [2.24, 2.45) is 0 Å². The van der Waals surface area contributed by atoms with Gasteiger partial charge in [-0.25, -0.2) is 4.39 Å². The van der Waals surface area contributed by atoms with E-state index < -0.39 is 5.82 Å². The maximum absolute atomic E-state index is 13.8. The van der Waals surface area contributed by atoms with Crippen LogP contribution in [0.1, 0.15) is 11.1 Å². The summed E-state index contributed by atoms with van der Waals surface area (Å²) >= 11 is 0. The van der Waals surface area contributed by atoms with Gasteiger partial charge in [-0.15, -0.1) is 0 Å². The van der Waals surface area contributed by atoms with Crippen molar-refractivity contribution in [1.29, 1.82) is 0 Å². The fourth-order valence-corrected chi connectivity index (χ4v) is 2.64. The number of benzene rings is 3. The molecule has 0 bridgehead atoms. The van der Waals surface area contributed by atoms with Crippen LogP contribution < -0.4 is 4.74 Å². The van der Waals surface area contributed by atoms with E-state index >= 15 is 0 Å². The Morgan fingerprint density at radius 1 is 0.926 bits per heavy atom. The maximum atomic E-state index is 13.8. The molecule has 0 amide bonds. The topological polar surface area (TPSA) is 48.2 Å². The van der Waals surface area contributed by atoms with Crippen LogP contribution in [-0.2, 0) is 6.61 Å². The highest BCUT2D eigenvalue weighted by atomic mass is 19.1. The van der Waals surface area contributed by atoms with E-state index in [9.17, 15) is 4.39 Å². The van der Waals surface area contributed by atoms with Gasteiger partial charge in [0.1, 0.15) is 18.2 Å². The van der Waals surface area contributed by atoms with Crippen LogP contribution in [0.4, 0.5) is 4.39 Å². The van der Waals surface area contributed by atoms with Crippen LogP contribution in [0, 0.1) is 12.7 Å². The average molecular weight is 360 g/mol. The molecule has 134 valence electrons. The highest BCUT2D eigenvalue weighted by Gasteiger charge is 2.13. The normalized spacial score (nSPS) is 10.7. The second kappa shape index (κ2) is 7.41. The summed E-state index contributed by atoms with van der Waals surface area (Å²) < 4.78 is 24.8. The van der Waals surface area contributed by atoms with Crippen LogP contribution in [0.2, 0.25) is 0 Å². The molecule has 0 saturated heterocycles. The molecule has 0 unspecified atom stereocenters. The molecule has 5 heteroatoms. The van der Waals surface area contributed by atoms with Crippen molar-refractivity contribution in [3.8, 4) is 28.6 Å². The molecular formula is C22H17FN2O2. The van der Waals surface area contributed by atoms with Gasteiger partial charge in [0.2, 0.25) is 5.82 Å². The Hall–Kier alpha value is -3.47. The molecule has 0 saturated carbocycles.